The first-order chi connectivity index (χ1) is 10.4. The van der Waals surface area contributed by atoms with Crippen molar-refractivity contribution in [3.8, 4) is 0 Å². The number of benzene rings is 2. The number of carbonyl (C=O) groups is 2. The summed E-state index contributed by atoms with van der Waals surface area (Å²) in [4.78, 5) is 25.0. The molecule has 2 aromatic rings. The van der Waals surface area contributed by atoms with Gasteiger partial charge in [0.05, 0.1) is 5.02 Å². The van der Waals surface area contributed by atoms with Crippen molar-refractivity contribution in [2.24, 2.45) is 0 Å². The average molecular weight is 322 g/mol. The van der Waals surface area contributed by atoms with Gasteiger partial charge in [0.25, 0.3) is 5.91 Å². The Kier molecular flexibility index (Phi) is 4.78. The van der Waals surface area contributed by atoms with Crippen LogP contribution in [0.25, 0.3) is 0 Å². The molecule has 0 bridgehead atoms. The third-order valence-electron chi connectivity index (χ3n) is 3.17. The Morgan fingerprint density at radius 1 is 1.18 bits per heavy atom. The molecule has 0 aliphatic rings. The van der Waals surface area contributed by atoms with E-state index in [4.69, 9.17) is 11.6 Å². The number of nitrogens with zero attached hydrogens (tertiary/aromatic N) is 1. The summed E-state index contributed by atoms with van der Waals surface area (Å²) in [6.07, 6.45) is 0. The summed E-state index contributed by atoms with van der Waals surface area (Å²) < 4.78 is 13.3. The maximum Gasteiger partial charge on any atom is 0.326 e. The van der Waals surface area contributed by atoms with Crippen LogP contribution in [0, 0.1) is 5.82 Å². The number of aliphatic carboxylic acids is 1. The van der Waals surface area contributed by atoms with E-state index in [0.717, 1.165) is 11.0 Å². The maximum absolute atomic E-state index is 13.3. The highest BCUT2D eigenvalue weighted by Crippen LogP contribution is 2.26. The van der Waals surface area contributed by atoms with Crippen molar-refractivity contribution in [3.05, 3.63) is 64.9 Å². The molecule has 0 fully saturated rings. The average Bonchev–Trinajstić information content (AvgIpc) is 2.51. The van der Waals surface area contributed by atoms with E-state index in [1.54, 1.807) is 30.3 Å². The van der Waals surface area contributed by atoms with Crippen LogP contribution in [0.5, 0.6) is 0 Å². The molecule has 2 aromatic carbocycles. The first kappa shape index (κ1) is 16.0. The summed E-state index contributed by atoms with van der Waals surface area (Å²) in [5.74, 6) is -2.32. The summed E-state index contributed by atoms with van der Waals surface area (Å²) in [6, 6.07) is 10.8. The van der Waals surface area contributed by atoms with Crippen LogP contribution in [0.1, 0.15) is 17.3 Å². The van der Waals surface area contributed by atoms with Gasteiger partial charge in [-0.2, -0.15) is 0 Å². The number of rotatable bonds is 4. The summed E-state index contributed by atoms with van der Waals surface area (Å²) >= 11 is 5.73. The van der Waals surface area contributed by atoms with Gasteiger partial charge in [-0.05, 0) is 37.3 Å². The van der Waals surface area contributed by atoms with Crippen molar-refractivity contribution < 1.29 is 19.1 Å². The molecule has 0 spiro atoms. The molecule has 0 aromatic heterocycles. The predicted octanol–water partition coefficient (Wildman–Crippen LogP) is 3.60. The number of amides is 1. The van der Waals surface area contributed by atoms with Crippen molar-refractivity contribution in [3.63, 3.8) is 0 Å². The Bertz CT molecular complexity index is 706. The molecule has 4 nitrogen and oxygen atoms in total. The van der Waals surface area contributed by atoms with Gasteiger partial charge in [0.2, 0.25) is 0 Å². The molecule has 6 heteroatoms. The lowest BCUT2D eigenvalue weighted by Gasteiger charge is -2.27. The minimum Gasteiger partial charge on any atom is -0.480 e. The van der Waals surface area contributed by atoms with E-state index in [-0.39, 0.29) is 10.7 Å². The quantitative estimate of drug-likeness (QED) is 0.936. The summed E-state index contributed by atoms with van der Waals surface area (Å²) in [5.41, 5.74) is 0.547. The lowest BCUT2D eigenvalue weighted by atomic mass is 10.1. The second-order valence-electron chi connectivity index (χ2n) is 4.65. The molecule has 0 radical (unpaired) electrons. The Balaban J connectivity index is 2.49. The van der Waals surface area contributed by atoms with Crippen LogP contribution in [-0.4, -0.2) is 23.0 Å². The van der Waals surface area contributed by atoms with Gasteiger partial charge in [0, 0.05) is 11.3 Å². The number of carbonyl (C=O) groups excluding carboxylic acids is 1. The SMILES string of the molecule is C[C@@H](C(=O)O)N(C(=O)c1ccccc1)c1ccc(F)c(Cl)c1. The fourth-order valence-corrected chi connectivity index (χ4v) is 2.16. The smallest absolute Gasteiger partial charge is 0.326 e. The van der Waals surface area contributed by atoms with E-state index in [9.17, 15) is 19.1 Å². The zero-order chi connectivity index (χ0) is 16.3. The van der Waals surface area contributed by atoms with Crippen LogP contribution in [0.4, 0.5) is 10.1 Å². The standard InChI is InChI=1S/C16H13ClFNO3/c1-10(16(21)22)19(12-7-8-14(18)13(17)9-12)15(20)11-5-3-2-4-6-11/h2-10H,1H3,(H,21,22)/t10-/m0/s1. The van der Waals surface area contributed by atoms with E-state index in [2.05, 4.69) is 0 Å². The van der Waals surface area contributed by atoms with Crippen molar-refractivity contribution in [1.29, 1.82) is 0 Å². The highest BCUT2D eigenvalue weighted by Gasteiger charge is 2.28. The van der Waals surface area contributed by atoms with E-state index >= 15 is 0 Å². The zero-order valence-electron chi connectivity index (χ0n) is 11.7. The lowest BCUT2D eigenvalue weighted by molar-refractivity contribution is -0.138. The van der Waals surface area contributed by atoms with Crippen LogP contribution in [-0.2, 0) is 4.79 Å². The van der Waals surface area contributed by atoms with Crippen LogP contribution >= 0.6 is 11.6 Å². The molecule has 2 rings (SSSR count). The van der Waals surface area contributed by atoms with Crippen molar-refractivity contribution >= 4 is 29.2 Å². The van der Waals surface area contributed by atoms with Crippen LogP contribution in [0.15, 0.2) is 48.5 Å². The summed E-state index contributed by atoms with van der Waals surface area (Å²) in [6.45, 7) is 1.38. The van der Waals surface area contributed by atoms with E-state index in [1.165, 1.54) is 19.1 Å². The van der Waals surface area contributed by atoms with Crippen molar-refractivity contribution in [1.82, 2.24) is 0 Å². The molecule has 1 atom stereocenters. The highest BCUT2D eigenvalue weighted by atomic mass is 35.5. The Labute approximate surface area is 131 Å². The van der Waals surface area contributed by atoms with E-state index in [0.29, 0.717) is 5.56 Å². The van der Waals surface area contributed by atoms with E-state index < -0.39 is 23.7 Å². The lowest BCUT2D eigenvalue weighted by Crippen LogP contribution is -2.43. The topological polar surface area (TPSA) is 57.6 Å². The number of hydrogen-bond acceptors (Lipinski definition) is 2. The van der Waals surface area contributed by atoms with Crippen LogP contribution < -0.4 is 4.90 Å². The minimum atomic E-state index is -1.18. The molecule has 0 aliphatic carbocycles. The Hall–Kier alpha value is -2.40. The first-order valence-electron chi connectivity index (χ1n) is 6.48. The highest BCUT2D eigenvalue weighted by molar-refractivity contribution is 6.31. The minimum absolute atomic E-state index is 0.180. The normalized spacial score (nSPS) is 11.8. The van der Waals surface area contributed by atoms with Gasteiger partial charge >= 0.3 is 5.97 Å². The third-order valence-corrected chi connectivity index (χ3v) is 3.46. The molecular weight excluding hydrogens is 309 g/mol. The predicted molar refractivity (Wildman–Crippen MR) is 81.8 cm³/mol. The fourth-order valence-electron chi connectivity index (χ4n) is 1.98. The molecule has 0 aliphatic heterocycles. The van der Waals surface area contributed by atoms with Crippen molar-refractivity contribution in [2.75, 3.05) is 4.90 Å². The van der Waals surface area contributed by atoms with Gasteiger partial charge in [-0.3, -0.25) is 9.69 Å². The summed E-state index contributed by atoms with van der Waals surface area (Å²) in [5, 5.41) is 9.05. The molecule has 0 saturated carbocycles. The zero-order valence-corrected chi connectivity index (χ0v) is 12.4. The number of anilines is 1. The van der Waals surface area contributed by atoms with Gasteiger partial charge in [-0.15, -0.1) is 0 Å². The molecule has 1 amide bonds. The molecule has 22 heavy (non-hydrogen) atoms. The van der Waals surface area contributed by atoms with Gasteiger partial charge in [-0.25, -0.2) is 9.18 Å². The van der Waals surface area contributed by atoms with Crippen molar-refractivity contribution in [2.45, 2.75) is 13.0 Å². The number of hydrogen-bond donors (Lipinski definition) is 1. The molecule has 0 saturated heterocycles. The second-order valence-corrected chi connectivity index (χ2v) is 5.06. The number of halogens is 2. The second kappa shape index (κ2) is 6.58. The Morgan fingerprint density at radius 3 is 2.36 bits per heavy atom. The van der Waals surface area contributed by atoms with Crippen LogP contribution in [0.3, 0.4) is 0 Å². The number of carboxylic acids is 1. The fraction of sp³-hybridized carbons (Fsp3) is 0.125. The first-order valence-corrected chi connectivity index (χ1v) is 6.86. The van der Waals surface area contributed by atoms with Crippen LogP contribution in [0.2, 0.25) is 5.02 Å². The largest absolute Gasteiger partial charge is 0.480 e. The molecule has 1 N–H and O–H groups in total. The third kappa shape index (κ3) is 3.26. The molecule has 114 valence electrons. The molecule has 0 heterocycles. The number of carboxylic acid groups (broad SMARTS) is 1. The van der Waals surface area contributed by atoms with Gasteiger partial charge < -0.3 is 5.11 Å². The molecule has 0 unspecified atom stereocenters. The van der Waals surface area contributed by atoms with Gasteiger partial charge in [0.1, 0.15) is 11.9 Å². The molecular formula is C16H13ClFNO3. The monoisotopic (exact) mass is 321 g/mol. The Morgan fingerprint density at radius 2 is 1.82 bits per heavy atom. The van der Waals surface area contributed by atoms with Gasteiger partial charge in [-0.1, -0.05) is 29.8 Å². The van der Waals surface area contributed by atoms with Gasteiger partial charge in [0.15, 0.2) is 0 Å². The maximum atomic E-state index is 13.3. The summed E-state index contributed by atoms with van der Waals surface area (Å²) in [7, 11) is 0. The van der Waals surface area contributed by atoms with E-state index in [1.807, 2.05) is 0 Å².